The van der Waals surface area contributed by atoms with Gasteiger partial charge in [0.05, 0.1) is 12.0 Å². The Morgan fingerprint density at radius 1 is 1.11 bits per heavy atom. The molecule has 1 unspecified atom stereocenters. The highest BCUT2D eigenvalue weighted by atomic mass is 16.4. The van der Waals surface area contributed by atoms with Gasteiger partial charge in [-0.05, 0) is 56.3 Å². The van der Waals surface area contributed by atoms with Crippen molar-refractivity contribution < 1.29 is 20.1 Å². The average molecular weight is 375 g/mol. The Balaban J connectivity index is 1.58. The molecular formula is C23H34O4. The van der Waals surface area contributed by atoms with Crippen molar-refractivity contribution in [1.82, 2.24) is 0 Å². The number of hydrogen-bond donors (Lipinski definition) is 3. The average Bonchev–Trinajstić information content (AvgIpc) is 2.58. The second kappa shape index (κ2) is 9.75. The number of aliphatic hydroxyl groups is 2. The predicted octanol–water partition coefficient (Wildman–Crippen LogP) is 3.91. The van der Waals surface area contributed by atoms with E-state index in [0.29, 0.717) is 18.3 Å². The van der Waals surface area contributed by atoms with E-state index in [9.17, 15) is 15.0 Å². The van der Waals surface area contributed by atoms with Gasteiger partial charge in [-0.3, -0.25) is 4.79 Å². The van der Waals surface area contributed by atoms with Crippen LogP contribution in [0.25, 0.3) is 0 Å². The lowest BCUT2D eigenvalue weighted by Crippen LogP contribution is -2.44. The van der Waals surface area contributed by atoms with Gasteiger partial charge in [-0.1, -0.05) is 55.6 Å². The first-order valence-electron chi connectivity index (χ1n) is 10.8. The molecule has 0 spiro atoms. The Morgan fingerprint density at radius 2 is 1.81 bits per heavy atom. The van der Waals surface area contributed by atoms with E-state index >= 15 is 0 Å². The fraction of sp³-hybridized carbons (Fsp3) is 0.783. The largest absolute Gasteiger partial charge is 0.481 e. The van der Waals surface area contributed by atoms with E-state index in [0.717, 1.165) is 32.1 Å². The molecule has 0 aromatic carbocycles. The number of aliphatic hydroxyl groups excluding tert-OH is 2. The summed E-state index contributed by atoms with van der Waals surface area (Å²) in [5.41, 5.74) is 1.35. The van der Waals surface area contributed by atoms with Crippen molar-refractivity contribution in [2.75, 3.05) is 0 Å². The van der Waals surface area contributed by atoms with Gasteiger partial charge >= 0.3 is 5.97 Å². The maximum Gasteiger partial charge on any atom is 0.303 e. The molecule has 3 aliphatic rings. The van der Waals surface area contributed by atoms with Crippen LogP contribution in [0.2, 0.25) is 0 Å². The minimum absolute atomic E-state index is 0.0522. The van der Waals surface area contributed by atoms with Crippen LogP contribution in [0.4, 0.5) is 0 Å². The van der Waals surface area contributed by atoms with Gasteiger partial charge < -0.3 is 15.3 Å². The summed E-state index contributed by atoms with van der Waals surface area (Å²) in [5, 5.41) is 29.8. The molecule has 3 fully saturated rings. The molecule has 4 nitrogen and oxygen atoms in total. The fourth-order valence-electron chi connectivity index (χ4n) is 5.19. The van der Waals surface area contributed by atoms with Crippen LogP contribution in [0.3, 0.4) is 0 Å². The lowest BCUT2D eigenvalue weighted by Gasteiger charge is -2.48. The Morgan fingerprint density at radius 3 is 2.52 bits per heavy atom. The van der Waals surface area contributed by atoms with Crippen molar-refractivity contribution in [3.8, 4) is 11.8 Å². The number of fused-ring (bicyclic) bond motifs is 1. The summed E-state index contributed by atoms with van der Waals surface area (Å²) in [6.45, 7) is 0. The molecule has 3 rings (SSSR count). The molecule has 3 saturated carbocycles. The van der Waals surface area contributed by atoms with Crippen LogP contribution < -0.4 is 0 Å². The first-order valence-corrected chi connectivity index (χ1v) is 10.8. The van der Waals surface area contributed by atoms with Gasteiger partial charge in [-0.2, -0.15) is 0 Å². The number of allylic oxidation sites excluding steroid dienone is 2. The van der Waals surface area contributed by atoms with Crippen molar-refractivity contribution in [2.24, 2.45) is 23.7 Å². The molecule has 0 heterocycles. The van der Waals surface area contributed by atoms with Gasteiger partial charge in [0.1, 0.15) is 6.10 Å². The summed E-state index contributed by atoms with van der Waals surface area (Å²) >= 11 is 0. The number of carboxylic acid groups (broad SMARTS) is 1. The highest BCUT2D eigenvalue weighted by molar-refractivity contribution is 5.66. The van der Waals surface area contributed by atoms with Gasteiger partial charge in [-0.15, -0.1) is 0 Å². The molecule has 0 amide bonds. The molecule has 3 aliphatic carbocycles. The number of carbonyl (C=O) groups is 1. The van der Waals surface area contributed by atoms with Crippen molar-refractivity contribution in [3.05, 3.63) is 11.6 Å². The first-order chi connectivity index (χ1) is 13.1. The van der Waals surface area contributed by atoms with Crippen LogP contribution in [0.15, 0.2) is 11.6 Å². The van der Waals surface area contributed by atoms with Crippen molar-refractivity contribution in [1.29, 1.82) is 0 Å². The fourth-order valence-corrected chi connectivity index (χ4v) is 5.19. The number of carboxylic acids is 1. The zero-order valence-corrected chi connectivity index (χ0v) is 16.3. The second-order valence-corrected chi connectivity index (χ2v) is 8.70. The predicted molar refractivity (Wildman–Crippen MR) is 105 cm³/mol. The summed E-state index contributed by atoms with van der Waals surface area (Å²) in [6, 6.07) is 0. The van der Waals surface area contributed by atoms with E-state index < -0.39 is 18.2 Å². The molecule has 27 heavy (non-hydrogen) atoms. The topological polar surface area (TPSA) is 77.8 Å². The summed E-state index contributed by atoms with van der Waals surface area (Å²) in [7, 11) is 0. The normalized spacial score (nSPS) is 34.4. The van der Waals surface area contributed by atoms with Crippen LogP contribution >= 0.6 is 0 Å². The number of hydrogen-bond acceptors (Lipinski definition) is 3. The third-order valence-electron chi connectivity index (χ3n) is 6.87. The van der Waals surface area contributed by atoms with Crippen molar-refractivity contribution >= 4 is 5.97 Å². The molecule has 0 aromatic heterocycles. The van der Waals surface area contributed by atoms with E-state index in [1.807, 2.05) is 0 Å². The van der Waals surface area contributed by atoms with E-state index in [2.05, 4.69) is 17.9 Å². The summed E-state index contributed by atoms with van der Waals surface area (Å²) in [6.07, 6.45) is 12.8. The highest BCUT2D eigenvalue weighted by Crippen LogP contribution is 2.51. The van der Waals surface area contributed by atoms with Crippen LogP contribution in [0.5, 0.6) is 0 Å². The third-order valence-corrected chi connectivity index (χ3v) is 6.87. The van der Waals surface area contributed by atoms with Crippen molar-refractivity contribution in [2.45, 2.75) is 89.3 Å². The van der Waals surface area contributed by atoms with E-state index in [4.69, 9.17) is 5.11 Å². The van der Waals surface area contributed by atoms with Crippen LogP contribution in [0.1, 0.15) is 77.0 Å². The second-order valence-electron chi connectivity index (χ2n) is 8.70. The smallest absolute Gasteiger partial charge is 0.303 e. The Labute approximate surface area is 163 Å². The molecule has 0 aromatic rings. The molecule has 0 saturated heterocycles. The third kappa shape index (κ3) is 5.36. The van der Waals surface area contributed by atoms with Gasteiger partial charge in [0.2, 0.25) is 0 Å². The number of aliphatic carboxylic acids is 1. The van der Waals surface area contributed by atoms with Crippen LogP contribution in [-0.4, -0.2) is 33.5 Å². The molecule has 150 valence electrons. The zero-order valence-electron chi connectivity index (χ0n) is 16.3. The van der Waals surface area contributed by atoms with Crippen LogP contribution in [-0.2, 0) is 4.79 Å². The summed E-state index contributed by atoms with van der Waals surface area (Å²) in [4.78, 5) is 10.7. The van der Waals surface area contributed by atoms with Gasteiger partial charge in [-0.25, -0.2) is 0 Å². The molecule has 0 aliphatic heterocycles. The SMILES string of the molecule is O=C(O)CC/C=C1\C[C@@H]2[C@@H](C#CC(O)C3CCCCCCC3)[C@H](O)CC[C@H]12. The molecule has 4 heteroatoms. The van der Waals surface area contributed by atoms with Gasteiger partial charge in [0, 0.05) is 6.42 Å². The minimum atomic E-state index is -0.756. The molecular weight excluding hydrogens is 340 g/mol. The Kier molecular flexibility index (Phi) is 7.38. The Bertz CT molecular complexity index is 591. The van der Waals surface area contributed by atoms with Gasteiger partial charge in [0.25, 0.3) is 0 Å². The van der Waals surface area contributed by atoms with Crippen molar-refractivity contribution in [3.63, 3.8) is 0 Å². The Hall–Kier alpha value is -1.31. The lowest BCUT2D eigenvalue weighted by molar-refractivity contribution is -0.136. The monoisotopic (exact) mass is 374 g/mol. The minimum Gasteiger partial charge on any atom is -0.481 e. The quantitative estimate of drug-likeness (QED) is 0.515. The molecule has 0 radical (unpaired) electrons. The molecule has 0 bridgehead atoms. The van der Waals surface area contributed by atoms with Gasteiger partial charge in [0.15, 0.2) is 0 Å². The number of rotatable bonds is 4. The maximum atomic E-state index is 10.7. The zero-order chi connectivity index (χ0) is 19.2. The lowest BCUT2D eigenvalue weighted by atomic mass is 9.57. The van der Waals surface area contributed by atoms with E-state index in [-0.39, 0.29) is 18.3 Å². The summed E-state index contributed by atoms with van der Waals surface area (Å²) in [5.74, 6) is 6.65. The molecule has 5 atom stereocenters. The first kappa shape index (κ1) is 20.4. The maximum absolute atomic E-state index is 10.7. The molecule has 3 N–H and O–H groups in total. The van der Waals surface area contributed by atoms with E-state index in [1.54, 1.807) is 0 Å². The summed E-state index contributed by atoms with van der Waals surface area (Å²) < 4.78 is 0. The highest BCUT2D eigenvalue weighted by Gasteiger charge is 2.46. The van der Waals surface area contributed by atoms with Crippen LogP contribution in [0, 0.1) is 35.5 Å². The van der Waals surface area contributed by atoms with E-state index in [1.165, 1.54) is 37.7 Å². The standard InChI is InChI=1S/C23H34O4/c24-21(16-7-4-2-1-3-5-8-16)13-12-19-20-15-17(9-6-10-23(26)27)18(20)11-14-22(19)25/h9,16,18-22,24-25H,1-8,10-11,14-15H2,(H,26,27)/b17-9+/t18-,19-,20+,21?,22-/m1/s1.